The van der Waals surface area contributed by atoms with Gasteiger partial charge in [0, 0.05) is 25.1 Å². The number of hydrogen-bond acceptors (Lipinski definition) is 3. The number of rotatable bonds is 3. The van der Waals surface area contributed by atoms with Crippen molar-refractivity contribution < 1.29 is 14.7 Å². The van der Waals surface area contributed by atoms with Crippen LogP contribution in [0, 0.1) is 17.8 Å². The van der Waals surface area contributed by atoms with E-state index in [-0.39, 0.29) is 11.8 Å². The molecule has 0 radical (unpaired) electrons. The largest absolute Gasteiger partial charge is 0.481 e. The highest BCUT2D eigenvalue weighted by Gasteiger charge is 2.42. The predicted octanol–water partition coefficient (Wildman–Crippen LogP) is 1.79. The van der Waals surface area contributed by atoms with Gasteiger partial charge in [-0.1, -0.05) is 6.92 Å². The Balaban J connectivity index is 2.17. The molecule has 1 fully saturated rings. The van der Waals surface area contributed by atoms with Gasteiger partial charge >= 0.3 is 5.97 Å². The number of carboxylic acids is 1. The van der Waals surface area contributed by atoms with E-state index in [1.54, 1.807) is 31.6 Å². The van der Waals surface area contributed by atoms with E-state index in [4.69, 9.17) is 0 Å². The number of carbonyl (C=O) groups is 2. The lowest BCUT2D eigenvalue weighted by Crippen LogP contribution is -2.36. The number of anilines is 1. The van der Waals surface area contributed by atoms with E-state index in [0.29, 0.717) is 12.8 Å². The Morgan fingerprint density at radius 3 is 2.42 bits per heavy atom. The first-order valence-corrected chi connectivity index (χ1v) is 6.41. The van der Waals surface area contributed by atoms with Crippen molar-refractivity contribution in [1.29, 1.82) is 0 Å². The molecule has 1 heterocycles. The third-order valence-electron chi connectivity index (χ3n) is 3.81. The predicted molar refractivity (Wildman–Crippen MR) is 70.7 cm³/mol. The van der Waals surface area contributed by atoms with Gasteiger partial charge in [-0.3, -0.25) is 14.6 Å². The fourth-order valence-electron chi connectivity index (χ4n) is 2.78. The molecule has 3 atom stereocenters. The zero-order chi connectivity index (χ0) is 14.0. The van der Waals surface area contributed by atoms with Crippen molar-refractivity contribution in [3.8, 4) is 0 Å². The minimum Gasteiger partial charge on any atom is -0.481 e. The van der Waals surface area contributed by atoms with Crippen LogP contribution in [-0.4, -0.2) is 29.0 Å². The van der Waals surface area contributed by atoms with E-state index in [1.165, 1.54) is 4.90 Å². The van der Waals surface area contributed by atoms with Crippen molar-refractivity contribution in [3.63, 3.8) is 0 Å². The van der Waals surface area contributed by atoms with E-state index < -0.39 is 17.8 Å². The number of hydrogen-bond donors (Lipinski definition) is 1. The highest BCUT2D eigenvalue weighted by Crippen LogP contribution is 2.37. The molecule has 102 valence electrons. The van der Waals surface area contributed by atoms with Crippen LogP contribution < -0.4 is 4.90 Å². The summed E-state index contributed by atoms with van der Waals surface area (Å²) in [6.07, 6.45) is 4.46. The molecule has 1 aliphatic carbocycles. The Kier molecular flexibility index (Phi) is 3.83. The molecular weight excluding hydrogens is 244 g/mol. The Bertz CT molecular complexity index is 475. The molecule has 1 aromatic rings. The molecule has 0 saturated heterocycles. The summed E-state index contributed by atoms with van der Waals surface area (Å²) in [6.45, 7) is 2.00. The molecule has 1 amide bonds. The average molecular weight is 262 g/mol. The fourth-order valence-corrected chi connectivity index (χ4v) is 2.78. The van der Waals surface area contributed by atoms with Gasteiger partial charge in [-0.2, -0.15) is 0 Å². The summed E-state index contributed by atoms with van der Waals surface area (Å²) >= 11 is 0. The molecule has 0 aliphatic heterocycles. The van der Waals surface area contributed by atoms with Crippen LogP contribution in [0.3, 0.4) is 0 Å². The molecule has 0 aromatic carbocycles. The first-order chi connectivity index (χ1) is 9.00. The molecule has 5 nitrogen and oxygen atoms in total. The summed E-state index contributed by atoms with van der Waals surface area (Å²) in [7, 11) is 1.68. The zero-order valence-electron chi connectivity index (χ0n) is 11.1. The van der Waals surface area contributed by atoms with Gasteiger partial charge in [-0.25, -0.2) is 0 Å². The maximum atomic E-state index is 12.4. The first kappa shape index (κ1) is 13.5. The van der Waals surface area contributed by atoms with Gasteiger partial charge < -0.3 is 10.0 Å². The smallest absolute Gasteiger partial charge is 0.307 e. The van der Waals surface area contributed by atoms with Crippen molar-refractivity contribution in [2.75, 3.05) is 11.9 Å². The van der Waals surface area contributed by atoms with E-state index in [0.717, 1.165) is 5.69 Å². The van der Waals surface area contributed by atoms with Crippen molar-refractivity contribution >= 4 is 17.6 Å². The molecule has 1 aromatic heterocycles. The number of aliphatic carboxylic acids is 1. The van der Waals surface area contributed by atoms with Crippen LogP contribution >= 0.6 is 0 Å². The SMILES string of the molecule is CC1C[C@H](C(=O)N(C)c2ccncc2)[C@H](C(=O)O)C1. The van der Waals surface area contributed by atoms with Crippen molar-refractivity contribution in [3.05, 3.63) is 24.5 Å². The number of aromatic nitrogens is 1. The standard InChI is InChI=1S/C14H18N2O3/c1-9-7-11(12(8-9)14(18)19)13(17)16(2)10-3-5-15-6-4-10/h3-6,9,11-12H,7-8H2,1-2H3,(H,18,19)/t9?,11-,12+/m0/s1. The molecule has 1 unspecified atom stereocenters. The quantitative estimate of drug-likeness (QED) is 0.901. The molecule has 19 heavy (non-hydrogen) atoms. The van der Waals surface area contributed by atoms with Gasteiger partial charge in [-0.15, -0.1) is 0 Å². The van der Waals surface area contributed by atoms with E-state index in [1.807, 2.05) is 6.92 Å². The van der Waals surface area contributed by atoms with Gasteiger partial charge in [-0.05, 0) is 30.9 Å². The number of pyridine rings is 1. The van der Waals surface area contributed by atoms with Crippen LogP contribution in [0.2, 0.25) is 0 Å². The summed E-state index contributed by atoms with van der Waals surface area (Å²) in [6, 6.07) is 3.48. The van der Waals surface area contributed by atoms with E-state index in [2.05, 4.69) is 4.98 Å². The molecule has 1 aliphatic rings. The molecule has 5 heteroatoms. The number of amides is 1. The topological polar surface area (TPSA) is 70.5 Å². The Morgan fingerprint density at radius 1 is 1.26 bits per heavy atom. The van der Waals surface area contributed by atoms with E-state index in [9.17, 15) is 14.7 Å². The zero-order valence-corrected chi connectivity index (χ0v) is 11.1. The second kappa shape index (κ2) is 5.38. The van der Waals surface area contributed by atoms with Crippen LogP contribution in [0.4, 0.5) is 5.69 Å². The molecule has 1 N–H and O–H groups in total. The monoisotopic (exact) mass is 262 g/mol. The van der Waals surface area contributed by atoms with Gasteiger partial charge in [0.25, 0.3) is 0 Å². The van der Waals surface area contributed by atoms with Crippen molar-refractivity contribution in [2.45, 2.75) is 19.8 Å². The molecule has 1 saturated carbocycles. The highest BCUT2D eigenvalue weighted by atomic mass is 16.4. The second-order valence-electron chi connectivity index (χ2n) is 5.23. The first-order valence-electron chi connectivity index (χ1n) is 6.41. The lowest BCUT2D eigenvalue weighted by Gasteiger charge is -2.23. The summed E-state index contributed by atoms with van der Waals surface area (Å²) < 4.78 is 0. The third kappa shape index (κ3) is 2.75. The van der Waals surface area contributed by atoms with Gasteiger partial charge in [0.2, 0.25) is 5.91 Å². The molecule has 2 rings (SSSR count). The molecule has 0 bridgehead atoms. The minimum atomic E-state index is -0.870. The maximum absolute atomic E-state index is 12.4. The lowest BCUT2D eigenvalue weighted by molar-refractivity contribution is -0.145. The maximum Gasteiger partial charge on any atom is 0.307 e. The highest BCUT2D eigenvalue weighted by molar-refractivity contribution is 5.97. The summed E-state index contributed by atoms with van der Waals surface area (Å²) in [5.74, 6) is -1.70. The summed E-state index contributed by atoms with van der Waals surface area (Å²) in [5, 5.41) is 9.22. The van der Waals surface area contributed by atoms with Gasteiger partial charge in [0.15, 0.2) is 0 Å². The molecular formula is C14H18N2O3. The Hall–Kier alpha value is -1.91. The van der Waals surface area contributed by atoms with Gasteiger partial charge in [0.1, 0.15) is 0 Å². The van der Waals surface area contributed by atoms with Crippen LogP contribution in [0.25, 0.3) is 0 Å². The Morgan fingerprint density at radius 2 is 1.84 bits per heavy atom. The van der Waals surface area contributed by atoms with Crippen LogP contribution in [0.1, 0.15) is 19.8 Å². The summed E-state index contributed by atoms with van der Waals surface area (Å²) in [5.41, 5.74) is 0.740. The second-order valence-corrected chi connectivity index (χ2v) is 5.23. The van der Waals surface area contributed by atoms with Crippen LogP contribution in [0.15, 0.2) is 24.5 Å². The minimum absolute atomic E-state index is 0.122. The van der Waals surface area contributed by atoms with Crippen LogP contribution in [0.5, 0.6) is 0 Å². The summed E-state index contributed by atoms with van der Waals surface area (Å²) in [4.78, 5) is 29.1. The number of carboxylic acid groups (broad SMARTS) is 1. The number of carbonyl (C=O) groups excluding carboxylic acids is 1. The van der Waals surface area contributed by atoms with Crippen molar-refractivity contribution in [2.24, 2.45) is 17.8 Å². The average Bonchev–Trinajstić information content (AvgIpc) is 2.80. The van der Waals surface area contributed by atoms with E-state index >= 15 is 0 Å². The Labute approximate surface area is 112 Å². The van der Waals surface area contributed by atoms with Crippen molar-refractivity contribution in [1.82, 2.24) is 4.98 Å². The lowest BCUT2D eigenvalue weighted by atomic mass is 9.95. The normalized spacial score (nSPS) is 26.1. The van der Waals surface area contributed by atoms with Gasteiger partial charge in [0.05, 0.1) is 11.8 Å². The fraction of sp³-hybridized carbons (Fsp3) is 0.500. The third-order valence-corrected chi connectivity index (χ3v) is 3.81. The molecule has 0 spiro atoms. The van der Waals surface area contributed by atoms with Crippen LogP contribution in [-0.2, 0) is 9.59 Å². The number of nitrogens with zero attached hydrogens (tertiary/aromatic N) is 2.